The van der Waals surface area contributed by atoms with Crippen LogP contribution in [0.4, 0.5) is 5.69 Å². The summed E-state index contributed by atoms with van der Waals surface area (Å²) in [5.74, 6) is 0. The Balaban J connectivity index is 2.97. The van der Waals surface area contributed by atoms with E-state index in [2.05, 4.69) is 44.4 Å². The molecule has 0 aliphatic rings. The predicted molar refractivity (Wildman–Crippen MR) is 79.0 cm³/mol. The molecular weight excluding hydrogens is 222 g/mol. The molecule has 1 atom stereocenters. The van der Waals surface area contributed by atoms with Crippen LogP contribution in [-0.2, 0) is 0 Å². The maximum Gasteiger partial charge on any atom is 0.0787 e. The fourth-order valence-electron chi connectivity index (χ4n) is 2.01. The number of benzene rings is 1. The van der Waals surface area contributed by atoms with Crippen molar-refractivity contribution in [2.45, 2.75) is 45.8 Å². The molecule has 0 fully saturated rings. The van der Waals surface area contributed by atoms with E-state index in [1.807, 2.05) is 25.1 Å². The molecule has 0 heterocycles. The van der Waals surface area contributed by atoms with E-state index in [1.165, 1.54) is 0 Å². The lowest BCUT2D eigenvalue weighted by molar-refractivity contribution is 0.173. The van der Waals surface area contributed by atoms with Gasteiger partial charge in [-0.15, -0.1) is 6.58 Å². The van der Waals surface area contributed by atoms with Gasteiger partial charge in [0, 0.05) is 17.8 Å². The topological polar surface area (TPSA) is 23.5 Å². The third kappa shape index (κ3) is 3.61. The Bertz CT molecular complexity index is 375. The molecule has 0 saturated heterocycles. The van der Waals surface area contributed by atoms with E-state index < -0.39 is 0 Å². The van der Waals surface area contributed by atoms with E-state index in [0.717, 1.165) is 24.2 Å². The molecule has 1 aromatic rings. The zero-order valence-corrected chi connectivity index (χ0v) is 12.0. The molecule has 0 aliphatic heterocycles. The van der Waals surface area contributed by atoms with Crippen LogP contribution in [0.3, 0.4) is 0 Å². The monoisotopic (exact) mass is 247 g/mol. The number of hydrogen-bond acceptors (Lipinski definition) is 2. The molecule has 0 aromatic heterocycles. The summed E-state index contributed by atoms with van der Waals surface area (Å²) in [6.07, 6.45) is 2.30. The molecule has 100 valence electrons. The molecular formula is C16H25NO. The summed E-state index contributed by atoms with van der Waals surface area (Å²) in [5, 5.41) is 9.79. The van der Waals surface area contributed by atoms with E-state index in [9.17, 15) is 5.11 Å². The minimum Gasteiger partial charge on any atom is -0.388 e. The maximum absolute atomic E-state index is 9.79. The highest BCUT2D eigenvalue weighted by Crippen LogP contribution is 2.26. The highest BCUT2D eigenvalue weighted by molar-refractivity contribution is 5.50. The average molecular weight is 247 g/mol. The minimum atomic E-state index is -0.360. The molecule has 1 N–H and O–H groups in total. The summed E-state index contributed by atoms with van der Waals surface area (Å²) in [4.78, 5) is 2.29. The lowest BCUT2D eigenvalue weighted by Gasteiger charge is -2.37. The van der Waals surface area contributed by atoms with Crippen molar-refractivity contribution in [1.82, 2.24) is 0 Å². The van der Waals surface area contributed by atoms with Crippen molar-refractivity contribution in [3.8, 4) is 0 Å². The van der Waals surface area contributed by atoms with Crippen molar-refractivity contribution >= 4 is 5.69 Å². The number of aliphatic hydroxyl groups excluding tert-OH is 1. The second-order valence-electron chi connectivity index (χ2n) is 5.59. The van der Waals surface area contributed by atoms with E-state index in [0.29, 0.717) is 0 Å². The second-order valence-corrected chi connectivity index (χ2v) is 5.59. The number of aliphatic hydroxyl groups is 1. The zero-order chi connectivity index (χ0) is 13.8. The quantitative estimate of drug-likeness (QED) is 0.797. The standard InChI is InChI=1S/C16H25NO/c1-6-12-17(16(3,4)5)14-10-8-13(9-11-14)15(18)7-2/h6,8-11,15,18H,1,7,12H2,2-5H3/t15-/m0/s1. The average Bonchev–Trinajstić information content (AvgIpc) is 2.34. The summed E-state index contributed by atoms with van der Waals surface area (Å²) < 4.78 is 0. The van der Waals surface area contributed by atoms with Gasteiger partial charge in [-0.1, -0.05) is 25.1 Å². The Kier molecular flexibility index (Phi) is 4.97. The Labute approximate surface area is 111 Å². The van der Waals surface area contributed by atoms with Gasteiger partial charge >= 0.3 is 0 Å². The number of hydrogen-bond donors (Lipinski definition) is 1. The molecule has 0 amide bonds. The van der Waals surface area contributed by atoms with Crippen molar-refractivity contribution in [1.29, 1.82) is 0 Å². The lowest BCUT2D eigenvalue weighted by Crippen LogP contribution is -2.41. The fraction of sp³-hybridized carbons (Fsp3) is 0.500. The fourth-order valence-corrected chi connectivity index (χ4v) is 2.01. The highest BCUT2D eigenvalue weighted by atomic mass is 16.3. The first-order valence-electron chi connectivity index (χ1n) is 6.56. The number of nitrogens with zero attached hydrogens (tertiary/aromatic N) is 1. The first kappa shape index (κ1) is 14.8. The van der Waals surface area contributed by atoms with Crippen LogP contribution in [0.25, 0.3) is 0 Å². The molecule has 0 unspecified atom stereocenters. The molecule has 2 nitrogen and oxygen atoms in total. The normalized spacial score (nSPS) is 13.2. The molecule has 1 aromatic carbocycles. The van der Waals surface area contributed by atoms with Crippen LogP contribution < -0.4 is 4.90 Å². The van der Waals surface area contributed by atoms with Crippen LogP contribution in [0.2, 0.25) is 0 Å². The largest absolute Gasteiger partial charge is 0.388 e. The van der Waals surface area contributed by atoms with Crippen LogP contribution in [0, 0.1) is 0 Å². The van der Waals surface area contributed by atoms with Crippen LogP contribution in [0.1, 0.15) is 45.8 Å². The first-order chi connectivity index (χ1) is 8.40. The van der Waals surface area contributed by atoms with Crippen molar-refractivity contribution in [2.75, 3.05) is 11.4 Å². The molecule has 0 bridgehead atoms. The van der Waals surface area contributed by atoms with E-state index in [-0.39, 0.29) is 11.6 Å². The van der Waals surface area contributed by atoms with Gasteiger partial charge in [-0.25, -0.2) is 0 Å². The SMILES string of the molecule is C=CCN(c1ccc([C@@H](O)CC)cc1)C(C)(C)C. The van der Waals surface area contributed by atoms with E-state index in [1.54, 1.807) is 0 Å². The molecule has 0 saturated carbocycles. The van der Waals surface area contributed by atoms with Gasteiger partial charge < -0.3 is 10.0 Å². The van der Waals surface area contributed by atoms with Crippen LogP contribution in [-0.4, -0.2) is 17.2 Å². The van der Waals surface area contributed by atoms with Crippen molar-refractivity contribution in [2.24, 2.45) is 0 Å². The molecule has 0 spiro atoms. The first-order valence-corrected chi connectivity index (χ1v) is 6.56. The third-order valence-electron chi connectivity index (χ3n) is 3.10. The van der Waals surface area contributed by atoms with Gasteiger partial charge in [0.2, 0.25) is 0 Å². The summed E-state index contributed by atoms with van der Waals surface area (Å²) >= 11 is 0. The zero-order valence-electron chi connectivity index (χ0n) is 12.0. The van der Waals surface area contributed by atoms with Gasteiger partial charge in [0.1, 0.15) is 0 Å². The molecule has 18 heavy (non-hydrogen) atoms. The summed E-state index contributed by atoms with van der Waals surface area (Å²) in [6.45, 7) is 13.2. The van der Waals surface area contributed by atoms with Gasteiger partial charge in [-0.2, -0.15) is 0 Å². The summed E-state index contributed by atoms with van der Waals surface area (Å²) in [5.41, 5.74) is 2.20. The van der Waals surface area contributed by atoms with Crippen molar-refractivity contribution < 1.29 is 5.11 Å². The molecule has 1 rings (SSSR count). The minimum absolute atomic E-state index is 0.0546. The lowest BCUT2D eigenvalue weighted by atomic mass is 10.0. The van der Waals surface area contributed by atoms with Crippen LogP contribution in [0.15, 0.2) is 36.9 Å². The van der Waals surface area contributed by atoms with Gasteiger partial charge in [-0.3, -0.25) is 0 Å². The Morgan fingerprint density at radius 1 is 1.28 bits per heavy atom. The van der Waals surface area contributed by atoms with Crippen molar-refractivity contribution in [3.05, 3.63) is 42.5 Å². The van der Waals surface area contributed by atoms with Gasteiger partial charge in [0.05, 0.1) is 6.10 Å². The highest BCUT2D eigenvalue weighted by Gasteiger charge is 2.20. The predicted octanol–water partition coefficient (Wildman–Crippen LogP) is 3.92. The molecule has 0 aliphatic carbocycles. The van der Waals surface area contributed by atoms with Gasteiger partial charge in [-0.05, 0) is 44.9 Å². The van der Waals surface area contributed by atoms with Crippen molar-refractivity contribution in [3.63, 3.8) is 0 Å². The Morgan fingerprint density at radius 3 is 2.22 bits per heavy atom. The molecule has 2 heteroatoms. The summed E-state index contributed by atoms with van der Waals surface area (Å²) in [7, 11) is 0. The smallest absolute Gasteiger partial charge is 0.0787 e. The Morgan fingerprint density at radius 2 is 1.83 bits per heavy atom. The third-order valence-corrected chi connectivity index (χ3v) is 3.10. The second kappa shape index (κ2) is 6.05. The van der Waals surface area contributed by atoms with Gasteiger partial charge in [0.15, 0.2) is 0 Å². The van der Waals surface area contributed by atoms with Crippen LogP contribution >= 0.6 is 0 Å². The maximum atomic E-state index is 9.79. The number of anilines is 1. The van der Waals surface area contributed by atoms with E-state index in [4.69, 9.17) is 0 Å². The number of rotatable bonds is 5. The van der Waals surface area contributed by atoms with Gasteiger partial charge in [0.25, 0.3) is 0 Å². The van der Waals surface area contributed by atoms with Crippen LogP contribution in [0.5, 0.6) is 0 Å². The molecule has 0 radical (unpaired) electrons. The van der Waals surface area contributed by atoms with E-state index >= 15 is 0 Å². The summed E-state index contributed by atoms with van der Waals surface area (Å²) in [6, 6.07) is 8.16. The Hall–Kier alpha value is -1.28.